The average molecular weight is 432 g/mol. The van der Waals surface area contributed by atoms with Gasteiger partial charge in [-0.3, -0.25) is 19.2 Å². The zero-order valence-electron chi connectivity index (χ0n) is 18.6. The molecule has 1 aliphatic heterocycles. The van der Waals surface area contributed by atoms with Crippen molar-refractivity contribution in [1.82, 2.24) is 10.6 Å². The fourth-order valence-electron chi connectivity index (χ4n) is 3.39. The van der Waals surface area contributed by atoms with E-state index in [1.165, 1.54) is 0 Å². The van der Waals surface area contributed by atoms with Gasteiger partial charge in [0.1, 0.15) is 6.54 Å². The first-order valence-corrected chi connectivity index (χ1v) is 10.9. The molecule has 8 nitrogen and oxygen atoms in total. The van der Waals surface area contributed by atoms with E-state index in [4.69, 9.17) is 4.74 Å². The Labute approximate surface area is 183 Å². The first-order chi connectivity index (χ1) is 14.8. The van der Waals surface area contributed by atoms with Gasteiger partial charge in [-0.15, -0.1) is 0 Å². The van der Waals surface area contributed by atoms with E-state index >= 15 is 0 Å². The summed E-state index contributed by atoms with van der Waals surface area (Å²) in [5.74, 6) is -0.765. The Hall–Kier alpha value is -2.90. The Bertz CT molecular complexity index is 776. The van der Waals surface area contributed by atoms with Crippen LogP contribution in [0.25, 0.3) is 0 Å². The van der Waals surface area contributed by atoms with Gasteiger partial charge in [-0.05, 0) is 49.9 Å². The van der Waals surface area contributed by atoms with Gasteiger partial charge in [0.25, 0.3) is 11.8 Å². The molecule has 0 aromatic heterocycles. The second kappa shape index (κ2) is 12.1. The van der Waals surface area contributed by atoms with Gasteiger partial charge >= 0.3 is 5.97 Å². The number of anilines is 1. The van der Waals surface area contributed by atoms with Crippen molar-refractivity contribution in [2.24, 2.45) is 5.92 Å². The van der Waals surface area contributed by atoms with Crippen LogP contribution in [0.4, 0.5) is 5.69 Å². The molecule has 1 aromatic rings. The van der Waals surface area contributed by atoms with Crippen LogP contribution in [0.5, 0.6) is 0 Å². The third kappa shape index (κ3) is 8.39. The van der Waals surface area contributed by atoms with Crippen molar-refractivity contribution in [3.05, 3.63) is 29.8 Å². The molecule has 2 N–H and O–H groups in total. The van der Waals surface area contributed by atoms with E-state index in [2.05, 4.69) is 24.5 Å². The van der Waals surface area contributed by atoms with E-state index in [1.54, 1.807) is 29.2 Å². The number of amides is 3. The van der Waals surface area contributed by atoms with E-state index in [1.807, 2.05) is 6.92 Å². The molecule has 170 valence electrons. The lowest BCUT2D eigenvalue weighted by atomic mass is 10.0. The second-order valence-electron chi connectivity index (χ2n) is 8.33. The van der Waals surface area contributed by atoms with Crippen LogP contribution in [0.15, 0.2) is 24.3 Å². The number of esters is 1. The number of hydrogen-bond acceptors (Lipinski definition) is 5. The van der Waals surface area contributed by atoms with Gasteiger partial charge in [0, 0.05) is 30.3 Å². The van der Waals surface area contributed by atoms with Gasteiger partial charge in [-0.2, -0.15) is 0 Å². The third-order valence-corrected chi connectivity index (χ3v) is 5.10. The summed E-state index contributed by atoms with van der Waals surface area (Å²) in [5.41, 5.74) is 1.12. The van der Waals surface area contributed by atoms with Crippen molar-refractivity contribution < 1.29 is 23.9 Å². The maximum Gasteiger partial charge on any atom is 0.325 e. The Morgan fingerprint density at radius 1 is 1.10 bits per heavy atom. The van der Waals surface area contributed by atoms with Crippen molar-refractivity contribution in [1.29, 1.82) is 0 Å². The highest BCUT2D eigenvalue weighted by Gasteiger charge is 2.21. The molecular formula is C23H33N3O5. The van der Waals surface area contributed by atoms with Gasteiger partial charge in [0.2, 0.25) is 5.91 Å². The number of rotatable bonds is 11. The van der Waals surface area contributed by atoms with E-state index in [0.29, 0.717) is 24.4 Å². The zero-order chi connectivity index (χ0) is 22.8. The number of nitrogens with one attached hydrogen (secondary N) is 2. The van der Waals surface area contributed by atoms with E-state index in [0.717, 1.165) is 31.4 Å². The molecule has 2 rings (SSSR count). The highest BCUT2D eigenvalue weighted by atomic mass is 16.5. The Kier molecular flexibility index (Phi) is 9.49. The minimum absolute atomic E-state index is 0.0171. The minimum Gasteiger partial charge on any atom is -0.454 e. The van der Waals surface area contributed by atoms with Gasteiger partial charge in [0.15, 0.2) is 6.61 Å². The average Bonchev–Trinajstić information content (AvgIpc) is 3.16. The third-order valence-electron chi connectivity index (χ3n) is 5.10. The minimum atomic E-state index is -0.685. The normalized spacial score (nSPS) is 14.5. The van der Waals surface area contributed by atoms with Gasteiger partial charge in [0.05, 0.1) is 0 Å². The summed E-state index contributed by atoms with van der Waals surface area (Å²) in [5, 5.41) is 5.27. The summed E-state index contributed by atoms with van der Waals surface area (Å²) >= 11 is 0. The summed E-state index contributed by atoms with van der Waals surface area (Å²) in [6.07, 6.45) is 4.38. The van der Waals surface area contributed by atoms with Crippen molar-refractivity contribution in [3.63, 3.8) is 0 Å². The molecule has 1 aliphatic rings. The smallest absolute Gasteiger partial charge is 0.325 e. The van der Waals surface area contributed by atoms with Crippen LogP contribution in [-0.2, 0) is 19.1 Å². The summed E-state index contributed by atoms with van der Waals surface area (Å²) < 4.78 is 4.92. The predicted molar refractivity (Wildman–Crippen MR) is 118 cm³/mol. The van der Waals surface area contributed by atoms with Crippen LogP contribution in [0, 0.1) is 5.92 Å². The summed E-state index contributed by atoms with van der Waals surface area (Å²) in [4.78, 5) is 49.4. The fraction of sp³-hybridized carbons (Fsp3) is 0.565. The highest BCUT2D eigenvalue weighted by Crippen LogP contribution is 2.21. The fourth-order valence-corrected chi connectivity index (χ4v) is 3.39. The van der Waals surface area contributed by atoms with E-state index in [9.17, 15) is 19.2 Å². The molecular weight excluding hydrogens is 398 g/mol. The first-order valence-electron chi connectivity index (χ1n) is 10.9. The SMILES string of the molecule is CC(C)CCC[C@H](C)NC(=O)COC(=O)CNC(=O)c1ccc(N2CCCC2=O)cc1. The number of ether oxygens (including phenoxy) is 1. The van der Waals surface area contributed by atoms with E-state index < -0.39 is 11.9 Å². The molecule has 1 fully saturated rings. The molecule has 1 saturated heterocycles. The standard InChI is InChI=1S/C23H33N3O5/c1-16(2)6-4-7-17(3)25-20(27)15-31-22(29)14-24-23(30)18-9-11-19(12-10-18)26-13-5-8-21(26)28/h9-12,16-17H,4-8,13-15H2,1-3H3,(H,24,30)(H,25,27)/t17-/m0/s1. The van der Waals surface area contributed by atoms with Crippen LogP contribution in [0.3, 0.4) is 0 Å². The lowest BCUT2D eigenvalue weighted by molar-refractivity contribution is -0.147. The quantitative estimate of drug-likeness (QED) is 0.524. The Balaban J connectivity index is 1.66. The molecule has 1 atom stereocenters. The Morgan fingerprint density at radius 2 is 1.81 bits per heavy atom. The van der Waals surface area contributed by atoms with Crippen LogP contribution in [0.2, 0.25) is 0 Å². The number of carbonyl (C=O) groups excluding carboxylic acids is 4. The van der Waals surface area contributed by atoms with Gasteiger partial charge in [-0.1, -0.05) is 26.7 Å². The maximum atomic E-state index is 12.2. The molecule has 0 radical (unpaired) electrons. The predicted octanol–water partition coefficient (Wildman–Crippen LogP) is 2.42. The van der Waals surface area contributed by atoms with Crippen LogP contribution >= 0.6 is 0 Å². The van der Waals surface area contributed by atoms with Crippen LogP contribution < -0.4 is 15.5 Å². The lowest BCUT2D eigenvalue weighted by Crippen LogP contribution is -2.37. The molecule has 0 spiro atoms. The zero-order valence-corrected chi connectivity index (χ0v) is 18.6. The second-order valence-corrected chi connectivity index (χ2v) is 8.33. The number of benzene rings is 1. The number of hydrogen-bond donors (Lipinski definition) is 2. The van der Waals surface area contributed by atoms with Crippen LogP contribution in [-0.4, -0.2) is 49.4 Å². The molecule has 8 heteroatoms. The molecule has 3 amide bonds. The summed E-state index contributed by atoms with van der Waals surface area (Å²) in [6, 6.07) is 6.65. The highest BCUT2D eigenvalue weighted by molar-refractivity contribution is 5.98. The topological polar surface area (TPSA) is 105 Å². The van der Waals surface area contributed by atoms with Crippen molar-refractivity contribution in [2.45, 2.75) is 58.9 Å². The lowest BCUT2D eigenvalue weighted by Gasteiger charge is -2.16. The molecule has 0 unspecified atom stereocenters. The van der Waals surface area contributed by atoms with Crippen molar-refractivity contribution >= 4 is 29.4 Å². The van der Waals surface area contributed by atoms with Gasteiger partial charge in [-0.25, -0.2) is 0 Å². The molecule has 0 aliphatic carbocycles. The first kappa shape index (κ1) is 24.4. The Morgan fingerprint density at radius 3 is 2.42 bits per heavy atom. The molecule has 0 bridgehead atoms. The van der Waals surface area contributed by atoms with Crippen molar-refractivity contribution in [3.8, 4) is 0 Å². The van der Waals surface area contributed by atoms with E-state index in [-0.39, 0.29) is 31.0 Å². The number of carbonyl (C=O) groups is 4. The summed E-state index contributed by atoms with van der Waals surface area (Å²) in [7, 11) is 0. The summed E-state index contributed by atoms with van der Waals surface area (Å²) in [6.45, 7) is 6.22. The molecule has 1 heterocycles. The van der Waals surface area contributed by atoms with Crippen LogP contribution in [0.1, 0.15) is 63.2 Å². The molecule has 0 saturated carbocycles. The molecule has 31 heavy (non-hydrogen) atoms. The monoisotopic (exact) mass is 431 g/mol. The van der Waals surface area contributed by atoms with Crippen molar-refractivity contribution in [2.75, 3.05) is 24.6 Å². The number of nitrogens with zero attached hydrogens (tertiary/aromatic N) is 1. The largest absolute Gasteiger partial charge is 0.454 e. The molecule has 1 aromatic carbocycles. The van der Waals surface area contributed by atoms with Gasteiger partial charge < -0.3 is 20.3 Å². The maximum absolute atomic E-state index is 12.2.